The molecule has 0 fully saturated rings. The zero-order chi connectivity index (χ0) is 24.2. The summed E-state index contributed by atoms with van der Waals surface area (Å²) in [6.07, 6.45) is 1.53. The molecule has 186 valence electrons. The Labute approximate surface area is 202 Å². The Hall–Kier alpha value is -3.86. The lowest BCUT2D eigenvalue weighted by atomic mass is 9.97. The monoisotopic (exact) mass is 484 g/mol. The van der Waals surface area contributed by atoms with Gasteiger partial charge in [-0.05, 0) is 55.7 Å². The second-order valence-corrected chi connectivity index (χ2v) is 7.93. The standard InChI is InChI=1S/C23H25FN6O4.CH4/c1-3-34-23(33)29-8-7-15-10-18(24)17(9-16(15)11-29)22(32)27-20-6-4-5-19(26-20)21-28-25-13-30(21)14(2)12-31;/h4-6,9-10,13-14,31H,3,7-8,11-12H2,1-2H3,(H,26,27,32);1H4/t14-;/m1./s1. The van der Waals surface area contributed by atoms with Crippen LogP contribution in [0.25, 0.3) is 11.5 Å². The number of pyridine rings is 1. The SMILES string of the molecule is C.CCOC(=O)N1CCc2cc(F)c(C(=O)Nc3cccc(-c4nncn4[C@H](C)CO)n3)cc2C1. The summed E-state index contributed by atoms with van der Waals surface area (Å²) in [6.45, 7) is 4.36. The molecule has 1 atom stereocenters. The number of aliphatic hydroxyl groups excluding tert-OH is 1. The maximum atomic E-state index is 14.8. The van der Waals surface area contributed by atoms with E-state index in [1.54, 1.807) is 36.6 Å². The minimum Gasteiger partial charge on any atom is -0.450 e. The molecule has 0 saturated heterocycles. The Bertz CT molecular complexity index is 1210. The highest BCUT2D eigenvalue weighted by atomic mass is 19.1. The molecule has 2 amide bonds. The number of hydrogen-bond donors (Lipinski definition) is 2. The van der Waals surface area contributed by atoms with Crippen molar-refractivity contribution in [2.45, 2.75) is 40.3 Å². The first kappa shape index (κ1) is 25.8. The molecule has 2 aromatic heterocycles. The second-order valence-electron chi connectivity index (χ2n) is 7.93. The van der Waals surface area contributed by atoms with E-state index in [0.717, 1.165) is 5.56 Å². The molecule has 3 heterocycles. The van der Waals surface area contributed by atoms with Crippen LogP contribution < -0.4 is 5.32 Å². The summed E-state index contributed by atoms with van der Waals surface area (Å²) in [5.74, 6) is -0.674. The van der Waals surface area contributed by atoms with Crippen LogP contribution in [0, 0.1) is 5.82 Å². The number of rotatable bonds is 6. The van der Waals surface area contributed by atoms with Crippen molar-refractivity contribution in [3.05, 3.63) is 59.2 Å². The lowest BCUT2D eigenvalue weighted by Crippen LogP contribution is -2.36. The van der Waals surface area contributed by atoms with E-state index in [2.05, 4.69) is 20.5 Å². The topological polar surface area (TPSA) is 122 Å². The molecule has 3 aromatic rings. The molecule has 1 aromatic carbocycles. The van der Waals surface area contributed by atoms with Gasteiger partial charge in [0.25, 0.3) is 5.91 Å². The van der Waals surface area contributed by atoms with E-state index in [1.165, 1.54) is 23.4 Å². The summed E-state index contributed by atoms with van der Waals surface area (Å²) >= 11 is 0. The fourth-order valence-corrected chi connectivity index (χ4v) is 3.77. The first-order chi connectivity index (χ1) is 16.4. The van der Waals surface area contributed by atoms with Gasteiger partial charge in [0.15, 0.2) is 5.82 Å². The zero-order valence-corrected chi connectivity index (χ0v) is 18.9. The van der Waals surface area contributed by atoms with Gasteiger partial charge in [-0.15, -0.1) is 10.2 Å². The highest BCUT2D eigenvalue weighted by molar-refractivity contribution is 6.04. The summed E-state index contributed by atoms with van der Waals surface area (Å²) in [7, 11) is 0. The predicted molar refractivity (Wildman–Crippen MR) is 127 cm³/mol. The van der Waals surface area contributed by atoms with E-state index in [4.69, 9.17) is 4.74 Å². The van der Waals surface area contributed by atoms with Crippen LogP contribution in [0.4, 0.5) is 15.0 Å². The molecule has 2 N–H and O–H groups in total. The Kier molecular flexibility index (Phi) is 8.13. The first-order valence-corrected chi connectivity index (χ1v) is 10.9. The molecular weight excluding hydrogens is 455 g/mol. The maximum Gasteiger partial charge on any atom is 0.410 e. The number of amides is 2. The molecular formula is C24H29FN6O4. The molecule has 0 bridgehead atoms. The van der Waals surface area contributed by atoms with Crippen LogP contribution in [0.2, 0.25) is 0 Å². The normalized spacial score (nSPS) is 13.4. The van der Waals surface area contributed by atoms with Gasteiger partial charge in [0.05, 0.1) is 24.8 Å². The van der Waals surface area contributed by atoms with Gasteiger partial charge >= 0.3 is 6.09 Å². The van der Waals surface area contributed by atoms with Crippen LogP contribution in [0.3, 0.4) is 0 Å². The smallest absolute Gasteiger partial charge is 0.410 e. The van der Waals surface area contributed by atoms with Crippen LogP contribution in [-0.2, 0) is 17.7 Å². The number of carbonyl (C=O) groups is 2. The molecule has 0 aliphatic carbocycles. The van der Waals surface area contributed by atoms with E-state index in [1.807, 2.05) is 0 Å². The van der Waals surface area contributed by atoms with Gasteiger partial charge in [-0.1, -0.05) is 13.5 Å². The summed E-state index contributed by atoms with van der Waals surface area (Å²) in [5, 5.41) is 20.0. The molecule has 1 aliphatic rings. The molecule has 1 aliphatic heterocycles. The molecule has 11 heteroatoms. The van der Waals surface area contributed by atoms with Crippen molar-refractivity contribution in [2.75, 3.05) is 25.1 Å². The average molecular weight is 485 g/mol. The van der Waals surface area contributed by atoms with Crippen molar-refractivity contribution in [3.8, 4) is 11.5 Å². The molecule has 0 spiro atoms. The highest BCUT2D eigenvalue weighted by Crippen LogP contribution is 2.25. The fourth-order valence-electron chi connectivity index (χ4n) is 3.77. The number of benzene rings is 1. The zero-order valence-electron chi connectivity index (χ0n) is 18.9. The van der Waals surface area contributed by atoms with Gasteiger partial charge in [0.1, 0.15) is 23.7 Å². The third-order valence-electron chi connectivity index (χ3n) is 5.60. The third-order valence-corrected chi connectivity index (χ3v) is 5.60. The van der Waals surface area contributed by atoms with Gasteiger partial charge in [0.2, 0.25) is 0 Å². The van der Waals surface area contributed by atoms with E-state index in [0.29, 0.717) is 30.0 Å². The Morgan fingerprint density at radius 1 is 1.29 bits per heavy atom. The Morgan fingerprint density at radius 3 is 2.83 bits per heavy atom. The third kappa shape index (κ3) is 5.46. The van der Waals surface area contributed by atoms with E-state index >= 15 is 0 Å². The number of carbonyl (C=O) groups excluding carboxylic acids is 2. The highest BCUT2D eigenvalue weighted by Gasteiger charge is 2.25. The molecule has 10 nitrogen and oxygen atoms in total. The van der Waals surface area contributed by atoms with Crippen molar-refractivity contribution in [2.24, 2.45) is 0 Å². The number of nitrogens with one attached hydrogen (secondary N) is 1. The molecule has 4 rings (SSSR count). The van der Waals surface area contributed by atoms with Crippen LogP contribution in [-0.4, -0.2) is 61.5 Å². The molecule has 0 unspecified atom stereocenters. The number of aromatic nitrogens is 4. The van der Waals surface area contributed by atoms with E-state index in [-0.39, 0.29) is 44.6 Å². The number of ether oxygens (including phenoxy) is 1. The van der Waals surface area contributed by atoms with Crippen molar-refractivity contribution in [1.82, 2.24) is 24.6 Å². The summed E-state index contributed by atoms with van der Waals surface area (Å²) in [6, 6.07) is 7.51. The van der Waals surface area contributed by atoms with Gasteiger partial charge in [-0.3, -0.25) is 4.79 Å². The Balaban J connectivity index is 0.00000342. The largest absolute Gasteiger partial charge is 0.450 e. The number of halogens is 1. The minimum atomic E-state index is -0.664. The number of fused-ring (bicyclic) bond motifs is 1. The molecule has 0 radical (unpaired) electrons. The minimum absolute atomic E-state index is 0. The van der Waals surface area contributed by atoms with Crippen LogP contribution in [0.5, 0.6) is 0 Å². The lowest BCUT2D eigenvalue weighted by molar-refractivity contribution is 0.102. The van der Waals surface area contributed by atoms with Crippen LogP contribution >= 0.6 is 0 Å². The number of nitrogens with zero attached hydrogens (tertiary/aromatic N) is 5. The number of aliphatic hydroxyl groups is 1. The van der Waals surface area contributed by atoms with Crippen LogP contribution in [0.15, 0.2) is 36.7 Å². The predicted octanol–water partition coefficient (Wildman–Crippen LogP) is 3.44. The van der Waals surface area contributed by atoms with Gasteiger partial charge in [0, 0.05) is 13.1 Å². The first-order valence-electron chi connectivity index (χ1n) is 10.9. The van der Waals surface area contributed by atoms with Crippen molar-refractivity contribution >= 4 is 17.8 Å². The summed E-state index contributed by atoms with van der Waals surface area (Å²) < 4.78 is 21.5. The molecule has 0 saturated carbocycles. The van der Waals surface area contributed by atoms with Crippen molar-refractivity contribution in [1.29, 1.82) is 0 Å². The van der Waals surface area contributed by atoms with E-state index < -0.39 is 17.8 Å². The quantitative estimate of drug-likeness (QED) is 0.549. The van der Waals surface area contributed by atoms with E-state index in [9.17, 15) is 19.1 Å². The maximum absolute atomic E-state index is 14.8. The van der Waals surface area contributed by atoms with Crippen LogP contribution in [0.1, 0.15) is 48.8 Å². The number of anilines is 1. The van der Waals surface area contributed by atoms with Gasteiger partial charge in [-0.2, -0.15) is 0 Å². The fraction of sp³-hybridized carbons (Fsp3) is 0.375. The lowest BCUT2D eigenvalue weighted by Gasteiger charge is -2.28. The van der Waals surface area contributed by atoms with Gasteiger partial charge < -0.3 is 24.6 Å². The van der Waals surface area contributed by atoms with Crippen molar-refractivity contribution in [3.63, 3.8) is 0 Å². The molecule has 35 heavy (non-hydrogen) atoms. The summed E-state index contributed by atoms with van der Waals surface area (Å²) in [5.41, 5.74) is 1.74. The van der Waals surface area contributed by atoms with Gasteiger partial charge in [-0.25, -0.2) is 14.2 Å². The second kappa shape index (κ2) is 11.0. The average Bonchev–Trinajstić information content (AvgIpc) is 3.33. The number of hydrogen-bond acceptors (Lipinski definition) is 7. The summed E-state index contributed by atoms with van der Waals surface area (Å²) in [4.78, 5) is 30.9. The Morgan fingerprint density at radius 2 is 2.09 bits per heavy atom. The van der Waals surface area contributed by atoms with Crippen molar-refractivity contribution < 1.29 is 23.8 Å².